The van der Waals surface area contributed by atoms with Gasteiger partial charge in [0.25, 0.3) is 5.91 Å². The fraction of sp³-hybridized carbons (Fsp3) is 0.150. The summed E-state index contributed by atoms with van der Waals surface area (Å²) in [4.78, 5) is 12.6. The van der Waals surface area contributed by atoms with Crippen molar-refractivity contribution in [1.82, 2.24) is 5.32 Å². The van der Waals surface area contributed by atoms with Crippen LogP contribution in [0.4, 0.5) is 0 Å². The van der Waals surface area contributed by atoms with Crippen molar-refractivity contribution in [3.8, 4) is 0 Å². The molecule has 0 fully saturated rings. The van der Waals surface area contributed by atoms with Crippen LogP contribution < -0.4 is 5.32 Å². The summed E-state index contributed by atoms with van der Waals surface area (Å²) in [5.74, 6) is -0.471. The number of carbonyl (C=O) groups excluding carboxylic acids is 1. The van der Waals surface area contributed by atoms with E-state index in [2.05, 4.69) is 5.32 Å². The van der Waals surface area contributed by atoms with Gasteiger partial charge in [-0.25, -0.2) is 8.42 Å². The minimum atomic E-state index is -3.54. The summed E-state index contributed by atoms with van der Waals surface area (Å²) in [6.45, 7) is 1.83. The van der Waals surface area contributed by atoms with Crippen LogP contribution in [-0.2, 0) is 15.6 Å². The highest BCUT2D eigenvalue weighted by molar-refractivity contribution is 7.90. The molecule has 0 aliphatic rings. The predicted octanol–water partition coefficient (Wildman–Crippen LogP) is 4.40. The Kier molecular flexibility index (Phi) is 5.68. The van der Waals surface area contributed by atoms with Crippen LogP contribution in [0, 0.1) is 0 Å². The van der Waals surface area contributed by atoms with Crippen molar-refractivity contribution in [3.63, 3.8) is 0 Å². The molecule has 7 heteroatoms. The van der Waals surface area contributed by atoms with Crippen LogP contribution in [0.1, 0.15) is 34.8 Å². The molecule has 0 saturated heterocycles. The van der Waals surface area contributed by atoms with Gasteiger partial charge in [0.15, 0.2) is 15.6 Å². The Morgan fingerprint density at radius 3 is 2.52 bits per heavy atom. The second-order valence-corrected chi connectivity index (χ2v) is 8.51. The van der Waals surface area contributed by atoms with Crippen LogP contribution in [0.5, 0.6) is 0 Å². The monoisotopic (exact) mass is 403 g/mol. The van der Waals surface area contributed by atoms with E-state index in [0.717, 1.165) is 5.56 Å². The molecule has 140 valence electrons. The van der Waals surface area contributed by atoms with Crippen LogP contribution in [0.25, 0.3) is 0 Å². The smallest absolute Gasteiger partial charge is 0.287 e. The fourth-order valence-electron chi connectivity index (χ4n) is 2.60. The standard InChI is InChI=1S/C20H18ClNO4S/c1-14(15-6-5-7-16(21)12-15)22-20(23)19-11-10-17(26-19)13-27(24,25)18-8-3-2-4-9-18/h2-12,14H,13H2,1H3,(H,22,23). The third kappa shape index (κ3) is 4.78. The molecule has 0 bridgehead atoms. The van der Waals surface area contributed by atoms with E-state index in [1.54, 1.807) is 36.4 Å². The lowest BCUT2D eigenvalue weighted by Crippen LogP contribution is -2.26. The number of carbonyl (C=O) groups is 1. The van der Waals surface area contributed by atoms with E-state index >= 15 is 0 Å². The van der Waals surface area contributed by atoms with Gasteiger partial charge in [-0.2, -0.15) is 0 Å². The molecule has 0 spiro atoms. The zero-order valence-electron chi connectivity index (χ0n) is 14.6. The van der Waals surface area contributed by atoms with Gasteiger partial charge < -0.3 is 9.73 Å². The van der Waals surface area contributed by atoms with Crippen LogP contribution >= 0.6 is 11.6 Å². The molecule has 3 rings (SSSR count). The molecule has 5 nitrogen and oxygen atoms in total. The van der Waals surface area contributed by atoms with Crippen molar-refractivity contribution in [2.45, 2.75) is 23.6 Å². The van der Waals surface area contributed by atoms with Crippen molar-refractivity contribution in [1.29, 1.82) is 0 Å². The maximum Gasteiger partial charge on any atom is 0.287 e. The molecule has 2 aromatic carbocycles. The molecule has 0 radical (unpaired) electrons. The largest absolute Gasteiger partial charge is 0.455 e. The summed E-state index contributed by atoms with van der Waals surface area (Å²) in [6.07, 6.45) is 0. The summed E-state index contributed by atoms with van der Waals surface area (Å²) in [6, 6.07) is 18.0. The Balaban J connectivity index is 1.69. The van der Waals surface area contributed by atoms with E-state index < -0.39 is 15.7 Å². The number of hydrogen-bond acceptors (Lipinski definition) is 4. The fourth-order valence-corrected chi connectivity index (χ4v) is 4.07. The number of amides is 1. The minimum absolute atomic E-state index is 0.0575. The first-order valence-corrected chi connectivity index (χ1v) is 10.3. The zero-order chi connectivity index (χ0) is 19.4. The van der Waals surface area contributed by atoms with E-state index in [0.29, 0.717) is 5.02 Å². The first-order chi connectivity index (χ1) is 12.8. The lowest BCUT2D eigenvalue weighted by atomic mass is 10.1. The van der Waals surface area contributed by atoms with Gasteiger partial charge in [-0.1, -0.05) is 41.9 Å². The van der Waals surface area contributed by atoms with Gasteiger partial charge in [-0.05, 0) is 48.9 Å². The van der Waals surface area contributed by atoms with Gasteiger partial charge >= 0.3 is 0 Å². The Hall–Kier alpha value is -2.57. The number of hydrogen-bond donors (Lipinski definition) is 1. The summed E-state index contributed by atoms with van der Waals surface area (Å²) < 4.78 is 30.3. The molecule has 1 heterocycles. The number of benzene rings is 2. The Morgan fingerprint density at radius 1 is 1.07 bits per heavy atom. The maximum atomic E-state index is 12.4. The van der Waals surface area contributed by atoms with Crippen molar-refractivity contribution in [2.75, 3.05) is 0 Å². The molecule has 3 aromatic rings. The van der Waals surface area contributed by atoms with Crippen LogP contribution in [0.15, 0.2) is 76.0 Å². The summed E-state index contributed by atoms with van der Waals surface area (Å²) in [5, 5.41) is 3.39. The van der Waals surface area contributed by atoms with Crippen molar-refractivity contribution >= 4 is 27.3 Å². The highest BCUT2D eigenvalue weighted by atomic mass is 35.5. The molecule has 0 aliphatic carbocycles. The summed E-state index contributed by atoms with van der Waals surface area (Å²) in [5.41, 5.74) is 0.856. The number of rotatable bonds is 6. The van der Waals surface area contributed by atoms with Gasteiger partial charge in [0.05, 0.1) is 10.9 Å². The molecular formula is C20H18ClNO4S. The summed E-state index contributed by atoms with van der Waals surface area (Å²) in [7, 11) is -3.54. The molecule has 1 amide bonds. The predicted molar refractivity (Wildman–Crippen MR) is 103 cm³/mol. The quantitative estimate of drug-likeness (QED) is 0.661. The molecular weight excluding hydrogens is 386 g/mol. The third-order valence-corrected chi connectivity index (χ3v) is 5.91. The Bertz CT molecular complexity index is 1040. The number of nitrogens with one attached hydrogen (secondary N) is 1. The molecule has 0 aliphatic heterocycles. The van der Waals surface area contributed by atoms with Crippen LogP contribution in [0.2, 0.25) is 5.02 Å². The SMILES string of the molecule is CC(NC(=O)c1ccc(CS(=O)(=O)c2ccccc2)o1)c1cccc(Cl)c1. The number of furan rings is 1. The van der Waals surface area contributed by atoms with Crippen LogP contribution in [0.3, 0.4) is 0 Å². The third-order valence-electron chi connectivity index (χ3n) is 4.02. The molecule has 1 N–H and O–H groups in total. The Morgan fingerprint density at radius 2 is 1.81 bits per heavy atom. The highest BCUT2D eigenvalue weighted by Gasteiger charge is 2.20. The molecule has 1 atom stereocenters. The second kappa shape index (κ2) is 7.98. The van der Waals surface area contributed by atoms with Crippen molar-refractivity contribution in [2.24, 2.45) is 0 Å². The van der Waals surface area contributed by atoms with E-state index in [1.807, 2.05) is 13.0 Å². The van der Waals surface area contributed by atoms with E-state index in [1.165, 1.54) is 24.3 Å². The molecule has 0 saturated carbocycles. The molecule has 1 unspecified atom stereocenters. The van der Waals surface area contributed by atoms with Gasteiger partial charge in [0.1, 0.15) is 11.5 Å². The van der Waals surface area contributed by atoms with Crippen molar-refractivity contribution < 1.29 is 17.6 Å². The van der Waals surface area contributed by atoms with E-state index in [9.17, 15) is 13.2 Å². The van der Waals surface area contributed by atoms with Gasteiger partial charge in [-0.15, -0.1) is 0 Å². The molecule has 27 heavy (non-hydrogen) atoms. The Labute approximate surface area is 162 Å². The zero-order valence-corrected chi connectivity index (χ0v) is 16.1. The van der Waals surface area contributed by atoms with Gasteiger partial charge in [-0.3, -0.25) is 4.79 Å². The van der Waals surface area contributed by atoms with Crippen LogP contribution in [-0.4, -0.2) is 14.3 Å². The van der Waals surface area contributed by atoms with E-state index in [-0.39, 0.29) is 28.2 Å². The highest BCUT2D eigenvalue weighted by Crippen LogP contribution is 2.20. The lowest BCUT2D eigenvalue weighted by Gasteiger charge is -2.13. The average Bonchev–Trinajstić information content (AvgIpc) is 3.10. The molecule has 1 aromatic heterocycles. The summed E-state index contributed by atoms with van der Waals surface area (Å²) >= 11 is 5.97. The average molecular weight is 404 g/mol. The van der Waals surface area contributed by atoms with Crippen molar-refractivity contribution in [3.05, 3.63) is 88.8 Å². The first-order valence-electron chi connectivity index (χ1n) is 8.28. The number of sulfone groups is 1. The topological polar surface area (TPSA) is 76.4 Å². The van der Waals surface area contributed by atoms with Gasteiger partial charge in [0.2, 0.25) is 0 Å². The van der Waals surface area contributed by atoms with Gasteiger partial charge in [0, 0.05) is 5.02 Å². The van der Waals surface area contributed by atoms with E-state index in [4.69, 9.17) is 16.0 Å². The number of halogens is 1. The maximum absolute atomic E-state index is 12.4. The lowest BCUT2D eigenvalue weighted by molar-refractivity contribution is 0.0910. The normalized spacial score (nSPS) is 12.5. The second-order valence-electron chi connectivity index (χ2n) is 6.09. The first kappa shape index (κ1) is 19.2. The minimum Gasteiger partial charge on any atom is -0.455 e.